The van der Waals surface area contributed by atoms with Crippen molar-refractivity contribution in [1.29, 1.82) is 0 Å². The molecule has 0 amide bonds. The number of hydrogen-bond donors (Lipinski definition) is 0. The van der Waals surface area contributed by atoms with Gasteiger partial charge in [0.15, 0.2) is 5.34 Å². The van der Waals surface area contributed by atoms with E-state index in [-0.39, 0.29) is 5.78 Å². The van der Waals surface area contributed by atoms with E-state index in [9.17, 15) is 14.5 Å². The van der Waals surface area contributed by atoms with Crippen LogP contribution in [-0.4, -0.2) is 11.8 Å². The van der Waals surface area contributed by atoms with E-state index >= 15 is 0 Å². The molecule has 0 aromatic carbocycles. The van der Waals surface area contributed by atoms with Gasteiger partial charge in [-0.15, -0.1) is 4.91 Å². The second kappa shape index (κ2) is 3.71. The molecule has 0 aromatic heterocycles. The summed E-state index contributed by atoms with van der Waals surface area (Å²) in [6.45, 7) is 1.21. The molecule has 5 nitrogen and oxygen atoms in total. The van der Waals surface area contributed by atoms with Gasteiger partial charge in [0.05, 0.1) is 0 Å². The predicted molar refractivity (Wildman–Crippen MR) is 27.2 cm³/mol. The van der Waals surface area contributed by atoms with E-state index in [1.54, 1.807) is 0 Å². The third-order valence-electron chi connectivity index (χ3n) is 0.532. The number of rotatable bonds is 3. The number of carbonyl (C=O) groups excluding carboxylic acids is 2. The summed E-state index contributed by atoms with van der Waals surface area (Å²) in [4.78, 5) is 33.0. The van der Waals surface area contributed by atoms with Crippen LogP contribution in [0.25, 0.3) is 0 Å². The van der Waals surface area contributed by atoms with E-state index < -0.39 is 12.4 Å². The van der Waals surface area contributed by atoms with Gasteiger partial charge in [0, 0.05) is 0 Å². The van der Waals surface area contributed by atoms with Crippen LogP contribution < -0.4 is 0 Å². The van der Waals surface area contributed by atoms with Crippen LogP contribution in [0.4, 0.5) is 0 Å². The van der Waals surface area contributed by atoms with Crippen molar-refractivity contribution in [2.24, 2.45) is 5.34 Å². The van der Waals surface area contributed by atoms with E-state index in [0.717, 1.165) is 0 Å². The van der Waals surface area contributed by atoms with Crippen LogP contribution in [-0.2, 0) is 14.4 Å². The zero-order chi connectivity index (χ0) is 7.28. The van der Waals surface area contributed by atoms with Crippen molar-refractivity contribution in [3.05, 3.63) is 4.91 Å². The molecule has 0 bridgehead atoms. The predicted octanol–water partition coefficient (Wildman–Crippen LogP) is 0.190. The van der Waals surface area contributed by atoms with Crippen molar-refractivity contribution >= 4 is 11.8 Å². The van der Waals surface area contributed by atoms with Crippen molar-refractivity contribution in [2.45, 2.75) is 13.3 Å². The van der Waals surface area contributed by atoms with Gasteiger partial charge in [-0.3, -0.25) is 9.63 Å². The maximum atomic E-state index is 10.1. The Balaban J connectivity index is 3.50. The molecule has 0 aliphatic heterocycles. The van der Waals surface area contributed by atoms with Crippen LogP contribution in [0.5, 0.6) is 0 Å². The molecule has 50 valence electrons. The average molecular weight is 131 g/mol. The molecule has 0 radical (unpaired) electrons. The van der Waals surface area contributed by atoms with E-state index in [4.69, 9.17) is 0 Å². The largest absolute Gasteiger partial charge is 0.345 e. The van der Waals surface area contributed by atoms with Crippen LogP contribution in [0.3, 0.4) is 0 Å². The lowest BCUT2D eigenvalue weighted by molar-refractivity contribution is -0.145. The Bertz CT molecular complexity index is 142. The smallest absolute Gasteiger partial charge is 0.299 e. The highest BCUT2D eigenvalue weighted by molar-refractivity contribution is 5.93. The highest BCUT2D eigenvalue weighted by Crippen LogP contribution is 1.86. The fourth-order valence-corrected chi connectivity index (χ4v) is 0.277. The molecule has 0 rings (SSSR count). The first-order valence-electron chi connectivity index (χ1n) is 2.18. The molecule has 0 spiro atoms. The molecular formula is C4H5NO4. The molecule has 0 N–H and O–H groups in total. The first-order chi connectivity index (χ1) is 4.16. The Morgan fingerprint density at radius 2 is 2.11 bits per heavy atom. The van der Waals surface area contributed by atoms with Gasteiger partial charge in [-0.25, -0.2) is 4.79 Å². The molecule has 9 heavy (non-hydrogen) atoms. The van der Waals surface area contributed by atoms with Gasteiger partial charge in [0.25, 0.3) is 0 Å². The lowest BCUT2D eigenvalue weighted by Crippen LogP contribution is -2.04. The second-order valence-corrected chi connectivity index (χ2v) is 1.42. The fourth-order valence-electron chi connectivity index (χ4n) is 0.277. The summed E-state index contributed by atoms with van der Waals surface area (Å²) in [5.74, 6) is -1.28. The molecule has 0 atom stereocenters. The van der Waals surface area contributed by atoms with Crippen LogP contribution in [0.15, 0.2) is 5.34 Å². The number of hydrogen-bond acceptors (Lipinski definition) is 5. The normalized spacial score (nSPS) is 8.11. The molecule has 0 unspecified atom stereocenters. The van der Waals surface area contributed by atoms with Gasteiger partial charge < -0.3 is 0 Å². The Kier molecular flexibility index (Phi) is 3.19. The monoisotopic (exact) mass is 131 g/mol. The summed E-state index contributed by atoms with van der Waals surface area (Å²) in [7, 11) is 0. The second-order valence-electron chi connectivity index (χ2n) is 1.42. The Morgan fingerprint density at radius 3 is 2.44 bits per heavy atom. The van der Waals surface area contributed by atoms with Gasteiger partial charge in [-0.1, -0.05) is 0 Å². The Morgan fingerprint density at radius 1 is 1.56 bits per heavy atom. The summed E-state index contributed by atoms with van der Waals surface area (Å²) in [6.07, 6.45) is -0.397. The summed E-state index contributed by atoms with van der Waals surface area (Å²) in [5.41, 5.74) is 0. The van der Waals surface area contributed by atoms with Crippen molar-refractivity contribution in [3.8, 4) is 0 Å². The summed E-state index contributed by atoms with van der Waals surface area (Å²) >= 11 is 0. The van der Waals surface area contributed by atoms with Gasteiger partial charge in [0.2, 0.25) is 0 Å². The van der Waals surface area contributed by atoms with Crippen LogP contribution in [0.2, 0.25) is 0 Å². The minimum absolute atomic E-state index is 0.358. The molecule has 0 fully saturated rings. The molecule has 0 aliphatic carbocycles. The highest BCUT2D eigenvalue weighted by atomic mass is 16.7. The Labute approximate surface area is 50.9 Å². The Hall–Kier alpha value is -1.26. The number of Topliss-reactive ketones (excluding diaryl/α,β-unsaturated/α-hetero) is 1. The lowest BCUT2D eigenvalue weighted by atomic mass is 10.3. The third-order valence-corrected chi connectivity index (χ3v) is 0.532. The number of ketones is 1. The number of nitrogens with zero attached hydrogens (tertiary/aromatic N) is 1. The molecule has 5 heteroatoms. The van der Waals surface area contributed by atoms with Crippen molar-refractivity contribution in [1.82, 2.24) is 0 Å². The van der Waals surface area contributed by atoms with Crippen molar-refractivity contribution in [3.63, 3.8) is 0 Å². The standard InChI is InChI=1S/C4H5NO4/c1-3(6)2-4(7)9-5-8/h2H2,1H3. The molecule has 0 aromatic rings. The zero-order valence-electron chi connectivity index (χ0n) is 4.79. The molecule has 0 saturated heterocycles. The quantitative estimate of drug-likeness (QED) is 0.311. The van der Waals surface area contributed by atoms with E-state index in [2.05, 4.69) is 4.84 Å². The van der Waals surface area contributed by atoms with Crippen LogP contribution in [0.1, 0.15) is 13.3 Å². The van der Waals surface area contributed by atoms with Gasteiger partial charge in [-0.05, 0) is 6.92 Å². The van der Waals surface area contributed by atoms with E-state index in [1.807, 2.05) is 5.34 Å². The summed E-state index contributed by atoms with van der Waals surface area (Å²) < 4.78 is 0. The van der Waals surface area contributed by atoms with Gasteiger partial charge >= 0.3 is 5.97 Å². The maximum Gasteiger partial charge on any atom is 0.345 e. The average Bonchev–Trinajstić information content (AvgIpc) is 1.63. The minimum atomic E-state index is -0.919. The molecular weight excluding hydrogens is 126 g/mol. The van der Waals surface area contributed by atoms with Crippen LogP contribution >= 0.6 is 0 Å². The molecule has 0 saturated carbocycles. The fraction of sp³-hybridized carbons (Fsp3) is 0.500. The third kappa shape index (κ3) is 4.60. The number of carbonyl (C=O) groups is 2. The first-order valence-corrected chi connectivity index (χ1v) is 2.18. The zero-order valence-corrected chi connectivity index (χ0v) is 4.79. The maximum absolute atomic E-state index is 10.1. The van der Waals surface area contributed by atoms with Gasteiger partial charge in [0.1, 0.15) is 12.2 Å². The summed E-state index contributed by atoms with van der Waals surface area (Å²) in [6, 6.07) is 0. The minimum Gasteiger partial charge on any atom is -0.299 e. The molecule has 0 heterocycles. The SMILES string of the molecule is CC(=O)CC(=O)ON=O. The molecule has 0 aliphatic rings. The highest BCUT2D eigenvalue weighted by Gasteiger charge is 2.05. The van der Waals surface area contributed by atoms with E-state index in [1.165, 1.54) is 6.92 Å². The van der Waals surface area contributed by atoms with Crippen molar-refractivity contribution in [2.75, 3.05) is 0 Å². The van der Waals surface area contributed by atoms with Crippen molar-refractivity contribution < 1.29 is 14.4 Å². The van der Waals surface area contributed by atoms with Crippen LogP contribution in [0, 0.1) is 4.91 Å². The van der Waals surface area contributed by atoms with E-state index in [0.29, 0.717) is 0 Å². The van der Waals surface area contributed by atoms with Gasteiger partial charge in [-0.2, -0.15) is 0 Å². The first kappa shape index (κ1) is 7.74. The topological polar surface area (TPSA) is 72.8 Å². The lowest BCUT2D eigenvalue weighted by Gasteiger charge is -1.86. The summed E-state index contributed by atoms with van der Waals surface area (Å²) in [5, 5.41) is 1.84.